The third-order valence-corrected chi connectivity index (χ3v) is 4.97. The zero-order valence-corrected chi connectivity index (χ0v) is 11.3. The Morgan fingerprint density at radius 2 is 1.88 bits per heavy atom. The van der Waals surface area contributed by atoms with Crippen LogP contribution >= 0.6 is 12.4 Å². The summed E-state index contributed by atoms with van der Waals surface area (Å²) >= 11 is 0. The lowest BCUT2D eigenvalue weighted by Crippen LogP contribution is -2.48. The molecule has 1 saturated heterocycles. The number of rotatable bonds is 1. The van der Waals surface area contributed by atoms with Gasteiger partial charge in [-0.15, -0.1) is 12.4 Å². The molecule has 1 heterocycles. The number of nitrogens with two attached hydrogens (primary N) is 1. The van der Waals surface area contributed by atoms with Gasteiger partial charge < -0.3 is 10.6 Å². The van der Waals surface area contributed by atoms with E-state index in [1.807, 2.05) is 0 Å². The smallest absolute Gasteiger partial charge is 0.226 e. The molecule has 2 N–H and O–H groups in total. The maximum Gasteiger partial charge on any atom is 0.226 e. The van der Waals surface area contributed by atoms with Crippen molar-refractivity contribution in [2.45, 2.75) is 38.6 Å². The van der Waals surface area contributed by atoms with Crippen molar-refractivity contribution in [2.75, 3.05) is 13.1 Å². The highest BCUT2D eigenvalue weighted by Gasteiger charge is 2.57. The van der Waals surface area contributed by atoms with Crippen LogP contribution in [0.3, 0.4) is 0 Å². The number of carbonyl (C=O) groups is 1. The minimum atomic E-state index is 0. The highest BCUT2D eigenvalue weighted by Crippen LogP contribution is 2.58. The maximum atomic E-state index is 12.3. The zero-order valence-electron chi connectivity index (χ0n) is 10.5. The number of amides is 1. The highest BCUT2D eigenvalue weighted by atomic mass is 35.5. The molecule has 98 valence electrons. The first kappa shape index (κ1) is 13.2. The Morgan fingerprint density at radius 3 is 2.47 bits per heavy atom. The molecular formula is C13H23ClN2O. The molecule has 3 rings (SSSR count). The second-order valence-corrected chi connectivity index (χ2v) is 6.00. The minimum absolute atomic E-state index is 0. The molecular weight excluding hydrogens is 236 g/mol. The van der Waals surface area contributed by atoms with Gasteiger partial charge >= 0.3 is 0 Å². The van der Waals surface area contributed by atoms with Crippen LogP contribution in [0.15, 0.2) is 0 Å². The summed E-state index contributed by atoms with van der Waals surface area (Å²) in [6, 6.07) is 0.294. The van der Waals surface area contributed by atoms with Crippen LogP contribution in [0.25, 0.3) is 0 Å². The molecule has 17 heavy (non-hydrogen) atoms. The molecule has 1 aliphatic heterocycles. The topological polar surface area (TPSA) is 46.3 Å². The molecule has 3 aliphatic rings. The number of fused-ring (bicyclic) bond motifs is 1. The molecule has 0 aromatic carbocycles. The van der Waals surface area contributed by atoms with E-state index >= 15 is 0 Å². The molecule has 1 amide bonds. The Bertz CT molecular complexity index is 300. The summed E-state index contributed by atoms with van der Waals surface area (Å²) in [5, 5.41) is 0. The molecule has 3 nitrogen and oxygen atoms in total. The van der Waals surface area contributed by atoms with Gasteiger partial charge in [0.15, 0.2) is 0 Å². The molecule has 4 heteroatoms. The lowest BCUT2D eigenvalue weighted by Gasteiger charge is -2.35. The van der Waals surface area contributed by atoms with Crippen LogP contribution in [-0.4, -0.2) is 29.9 Å². The highest BCUT2D eigenvalue weighted by molar-refractivity contribution is 5.85. The van der Waals surface area contributed by atoms with Crippen LogP contribution in [0.2, 0.25) is 0 Å². The monoisotopic (exact) mass is 258 g/mol. The Kier molecular flexibility index (Phi) is 3.69. The van der Waals surface area contributed by atoms with Gasteiger partial charge in [-0.25, -0.2) is 0 Å². The summed E-state index contributed by atoms with van der Waals surface area (Å²) in [6.45, 7) is 3.94. The van der Waals surface area contributed by atoms with E-state index in [4.69, 9.17) is 5.73 Å². The Morgan fingerprint density at radius 1 is 1.24 bits per heavy atom. The van der Waals surface area contributed by atoms with Crippen molar-refractivity contribution in [1.82, 2.24) is 4.90 Å². The normalized spacial score (nSPS) is 43.9. The van der Waals surface area contributed by atoms with Gasteiger partial charge in [-0.05, 0) is 37.0 Å². The number of hydrogen-bond donors (Lipinski definition) is 1. The van der Waals surface area contributed by atoms with Gasteiger partial charge in [-0.2, -0.15) is 0 Å². The summed E-state index contributed by atoms with van der Waals surface area (Å²) in [7, 11) is 0. The molecule has 0 aromatic heterocycles. The lowest BCUT2D eigenvalue weighted by molar-refractivity contribution is -0.135. The van der Waals surface area contributed by atoms with Crippen LogP contribution in [0.1, 0.15) is 32.6 Å². The van der Waals surface area contributed by atoms with E-state index in [-0.39, 0.29) is 12.4 Å². The first-order chi connectivity index (χ1) is 7.68. The van der Waals surface area contributed by atoms with E-state index in [2.05, 4.69) is 11.8 Å². The number of halogens is 1. The van der Waals surface area contributed by atoms with Crippen molar-refractivity contribution in [1.29, 1.82) is 0 Å². The molecule has 2 saturated carbocycles. The summed E-state index contributed by atoms with van der Waals surface area (Å²) in [5.74, 6) is 2.80. The van der Waals surface area contributed by atoms with Crippen LogP contribution in [0, 0.1) is 23.7 Å². The van der Waals surface area contributed by atoms with Gasteiger partial charge in [0.25, 0.3) is 0 Å². The number of nitrogens with zero attached hydrogens (tertiary/aromatic N) is 1. The van der Waals surface area contributed by atoms with Crippen molar-refractivity contribution in [3.63, 3.8) is 0 Å². The van der Waals surface area contributed by atoms with E-state index in [0.29, 0.717) is 23.8 Å². The molecule has 0 bridgehead atoms. The molecule has 0 spiro atoms. The van der Waals surface area contributed by atoms with Crippen molar-refractivity contribution >= 4 is 18.3 Å². The van der Waals surface area contributed by atoms with Gasteiger partial charge in [0.05, 0.1) is 0 Å². The first-order valence-electron chi connectivity index (χ1n) is 6.73. The van der Waals surface area contributed by atoms with E-state index in [0.717, 1.165) is 31.3 Å². The van der Waals surface area contributed by atoms with Crippen molar-refractivity contribution in [3.05, 3.63) is 0 Å². The predicted octanol–water partition coefficient (Wildman–Crippen LogP) is 1.65. The summed E-state index contributed by atoms with van der Waals surface area (Å²) in [6.07, 6.45) is 4.92. The summed E-state index contributed by atoms with van der Waals surface area (Å²) in [4.78, 5) is 14.4. The lowest BCUT2D eigenvalue weighted by atomic mass is 9.94. The molecule has 4 unspecified atom stereocenters. The summed E-state index contributed by atoms with van der Waals surface area (Å²) < 4.78 is 0. The van der Waals surface area contributed by atoms with E-state index < -0.39 is 0 Å². The van der Waals surface area contributed by atoms with E-state index in [1.165, 1.54) is 19.3 Å². The number of carbonyl (C=O) groups excluding carboxylic acids is 1. The van der Waals surface area contributed by atoms with E-state index in [1.54, 1.807) is 0 Å². The molecule has 0 radical (unpaired) electrons. The number of hydrogen-bond acceptors (Lipinski definition) is 2. The zero-order chi connectivity index (χ0) is 11.3. The largest absolute Gasteiger partial charge is 0.342 e. The van der Waals surface area contributed by atoms with Crippen molar-refractivity contribution < 1.29 is 4.79 Å². The predicted molar refractivity (Wildman–Crippen MR) is 69.9 cm³/mol. The Labute approximate surface area is 110 Å². The second kappa shape index (κ2) is 4.77. The second-order valence-electron chi connectivity index (χ2n) is 6.00. The first-order valence-corrected chi connectivity index (χ1v) is 6.73. The summed E-state index contributed by atoms with van der Waals surface area (Å²) in [5.41, 5.74) is 5.99. The van der Waals surface area contributed by atoms with Crippen LogP contribution < -0.4 is 5.73 Å². The van der Waals surface area contributed by atoms with Gasteiger partial charge in [0, 0.05) is 25.0 Å². The molecule has 4 atom stereocenters. The van der Waals surface area contributed by atoms with Crippen LogP contribution in [0.4, 0.5) is 0 Å². The standard InChI is InChI=1S/C13H22N2O.ClH/c1-8-7-15(6-5-11(8)14)13(16)12-9-3-2-4-10(9)12;/h8-12H,2-7,14H2,1H3;1H. The average molecular weight is 259 g/mol. The van der Waals surface area contributed by atoms with Crippen LogP contribution in [-0.2, 0) is 4.79 Å². The van der Waals surface area contributed by atoms with E-state index in [9.17, 15) is 4.79 Å². The fraction of sp³-hybridized carbons (Fsp3) is 0.923. The SMILES string of the molecule is CC1CN(C(=O)C2C3CCCC32)CCC1N.Cl. The minimum Gasteiger partial charge on any atom is -0.342 e. The number of likely N-dealkylation sites (tertiary alicyclic amines) is 1. The van der Waals surface area contributed by atoms with Gasteiger partial charge in [-0.1, -0.05) is 13.3 Å². The fourth-order valence-electron chi connectivity index (χ4n) is 3.76. The number of piperidine rings is 1. The van der Waals surface area contributed by atoms with Gasteiger partial charge in [0.1, 0.15) is 0 Å². The third kappa shape index (κ3) is 2.19. The fourth-order valence-corrected chi connectivity index (χ4v) is 3.76. The quantitative estimate of drug-likeness (QED) is 0.778. The van der Waals surface area contributed by atoms with Crippen molar-refractivity contribution in [3.8, 4) is 0 Å². The van der Waals surface area contributed by atoms with Gasteiger partial charge in [0.2, 0.25) is 5.91 Å². The Hall–Kier alpha value is -0.280. The molecule has 0 aromatic rings. The van der Waals surface area contributed by atoms with Crippen LogP contribution in [0.5, 0.6) is 0 Å². The molecule has 3 fully saturated rings. The Balaban J connectivity index is 0.00000108. The van der Waals surface area contributed by atoms with Gasteiger partial charge in [-0.3, -0.25) is 4.79 Å². The van der Waals surface area contributed by atoms with Crippen molar-refractivity contribution in [2.24, 2.45) is 29.4 Å². The maximum absolute atomic E-state index is 12.3. The third-order valence-electron chi connectivity index (χ3n) is 4.97. The average Bonchev–Trinajstić information content (AvgIpc) is 2.74. The molecule has 2 aliphatic carbocycles.